The van der Waals surface area contributed by atoms with Crippen LogP contribution in [-0.4, -0.2) is 41.3 Å². The largest absolute Gasteiger partial charge is 0.351 e. The van der Waals surface area contributed by atoms with Gasteiger partial charge in [-0.25, -0.2) is 0 Å². The van der Waals surface area contributed by atoms with Crippen molar-refractivity contribution in [2.75, 3.05) is 19.6 Å². The quantitative estimate of drug-likeness (QED) is 0.902. The third kappa shape index (κ3) is 2.52. The summed E-state index contributed by atoms with van der Waals surface area (Å²) >= 11 is 0. The van der Waals surface area contributed by atoms with Crippen LogP contribution < -0.4 is 0 Å². The van der Waals surface area contributed by atoms with E-state index in [1.54, 1.807) is 0 Å². The van der Waals surface area contributed by atoms with E-state index < -0.39 is 0 Å². The summed E-state index contributed by atoms with van der Waals surface area (Å²) in [4.78, 5) is 4.81. The molecule has 3 heteroatoms. The van der Waals surface area contributed by atoms with Gasteiger partial charge in [0.25, 0.3) is 0 Å². The second-order valence-corrected chi connectivity index (χ2v) is 5.83. The molecular formula is C16H23N3. The van der Waals surface area contributed by atoms with Gasteiger partial charge in [-0.3, -0.25) is 10.3 Å². The lowest BCUT2D eigenvalue weighted by Crippen LogP contribution is -2.44. The lowest BCUT2D eigenvalue weighted by atomic mass is 10.1. The number of hydrogen-bond acceptors (Lipinski definition) is 2. The molecule has 0 aliphatic carbocycles. The summed E-state index contributed by atoms with van der Waals surface area (Å²) in [6.45, 7) is 6.66. The van der Waals surface area contributed by atoms with Gasteiger partial charge in [0.2, 0.25) is 0 Å². The van der Waals surface area contributed by atoms with Crippen molar-refractivity contribution >= 4 is 5.84 Å². The van der Waals surface area contributed by atoms with Crippen LogP contribution in [0.2, 0.25) is 0 Å². The summed E-state index contributed by atoms with van der Waals surface area (Å²) in [7, 11) is 0. The van der Waals surface area contributed by atoms with E-state index in [-0.39, 0.29) is 0 Å². The number of rotatable bonds is 3. The topological polar surface area (TPSA) is 30.3 Å². The Bertz CT molecular complexity index is 463. The monoisotopic (exact) mass is 257 g/mol. The highest BCUT2D eigenvalue weighted by molar-refractivity contribution is 6.00. The first kappa shape index (κ1) is 12.7. The van der Waals surface area contributed by atoms with Crippen LogP contribution in [0.5, 0.6) is 0 Å². The third-order valence-corrected chi connectivity index (χ3v) is 4.45. The maximum Gasteiger partial charge on any atom is 0.128 e. The van der Waals surface area contributed by atoms with Crippen molar-refractivity contribution in [1.29, 1.82) is 5.41 Å². The fourth-order valence-corrected chi connectivity index (χ4v) is 3.29. The minimum absolute atomic E-state index is 0.551. The molecule has 0 spiro atoms. The van der Waals surface area contributed by atoms with E-state index in [4.69, 9.17) is 5.41 Å². The fourth-order valence-electron chi connectivity index (χ4n) is 3.29. The van der Waals surface area contributed by atoms with Gasteiger partial charge < -0.3 is 4.90 Å². The zero-order chi connectivity index (χ0) is 13.2. The molecule has 0 aromatic heterocycles. The van der Waals surface area contributed by atoms with Crippen LogP contribution >= 0.6 is 0 Å². The number of fused-ring (bicyclic) bond motifs is 1. The van der Waals surface area contributed by atoms with Gasteiger partial charge in [-0.2, -0.15) is 0 Å². The van der Waals surface area contributed by atoms with Crippen LogP contribution in [0, 0.1) is 5.41 Å². The average molecular weight is 257 g/mol. The van der Waals surface area contributed by atoms with Crippen LogP contribution in [0.4, 0.5) is 0 Å². The highest BCUT2D eigenvalue weighted by Gasteiger charge is 2.26. The first-order chi connectivity index (χ1) is 9.25. The van der Waals surface area contributed by atoms with E-state index >= 15 is 0 Å². The Morgan fingerprint density at radius 1 is 1.16 bits per heavy atom. The lowest BCUT2D eigenvalue weighted by Gasteiger charge is -2.35. The van der Waals surface area contributed by atoms with Gasteiger partial charge in [0.1, 0.15) is 5.84 Å². The number of hydrogen-bond donors (Lipinski definition) is 1. The predicted octanol–water partition coefficient (Wildman–Crippen LogP) is 2.70. The Balaban J connectivity index is 1.64. The molecule has 0 bridgehead atoms. The van der Waals surface area contributed by atoms with Crippen LogP contribution in [-0.2, 0) is 6.54 Å². The standard InChI is InChI=1S/C16H23N3/c1-13(18-9-5-2-6-10-18)11-19-12-14-7-3-4-8-15(14)16(19)17/h3-4,7-8,13,17H,2,5-6,9-12H2,1H3. The van der Waals surface area contributed by atoms with E-state index in [9.17, 15) is 0 Å². The van der Waals surface area contributed by atoms with E-state index in [1.165, 1.54) is 37.9 Å². The van der Waals surface area contributed by atoms with Crippen molar-refractivity contribution in [3.8, 4) is 0 Å². The number of nitrogens with one attached hydrogen (secondary N) is 1. The Labute approximate surface area is 115 Å². The van der Waals surface area contributed by atoms with Gasteiger partial charge in [0.15, 0.2) is 0 Å². The van der Waals surface area contributed by atoms with Gasteiger partial charge in [0, 0.05) is 24.7 Å². The fraction of sp³-hybridized carbons (Fsp3) is 0.562. The van der Waals surface area contributed by atoms with E-state index in [1.807, 2.05) is 6.07 Å². The first-order valence-corrected chi connectivity index (χ1v) is 7.41. The Hall–Kier alpha value is -1.35. The molecule has 1 fully saturated rings. The molecule has 102 valence electrons. The maximum atomic E-state index is 8.30. The van der Waals surface area contributed by atoms with Gasteiger partial charge >= 0.3 is 0 Å². The number of nitrogens with zero attached hydrogens (tertiary/aromatic N) is 2. The molecule has 19 heavy (non-hydrogen) atoms. The van der Waals surface area contributed by atoms with Crippen molar-refractivity contribution in [2.45, 2.75) is 38.8 Å². The molecule has 0 radical (unpaired) electrons. The Morgan fingerprint density at radius 2 is 1.89 bits per heavy atom. The number of likely N-dealkylation sites (tertiary alicyclic amines) is 1. The van der Waals surface area contributed by atoms with E-state index in [2.05, 4.69) is 34.9 Å². The molecule has 1 aromatic carbocycles. The zero-order valence-corrected chi connectivity index (χ0v) is 11.7. The van der Waals surface area contributed by atoms with Gasteiger partial charge in [-0.05, 0) is 38.4 Å². The highest BCUT2D eigenvalue weighted by Crippen LogP contribution is 2.23. The van der Waals surface area contributed by atoms with Crippen molar-refractivity contribution in [3.05, 3.63) is 35.4 Å². The van der Waals surface area contributed by atoms with Crippen molar-refractivity contribution < 1.29 is 0 Å². The predicted molar refractivity (Wildman–Crippen MR) is 78.6 cm³/mol. The minimum Gasteiger partial charge on any atom is -0.351 e. The molecule has 1 unspecified atom stereocenters. The molecule has 0 amide bonds. The zero-order valence-electron chi connectivity index (χ0n) is 11.7. The summed E-state index contributed by atoms with van der Waals surface area (Å²) in [6, 6.07) is 8.88. The van der Waals surface area contributed by atoms with Gasteiger partial charge in [0.05, 0.1) is 0 Å². The normalized spacial score (nSPS) is 21.5. The molecular weight excluding hydrogens is 234 g/mol. The molecule has 3 rings (SSSR count). The maximum absolute atomic E-state index is 8.30. The number of piperidine rings is 1. The average Bonchev–Trinajstić information content (AvgIpc) is 2.77. The molecule has 2 heterocycles. The second kappa shape index (κ2) is 5.33. The molecule has 2 aliphatic heterocycles. The number of amidine groups is 1. The molecule has 0 saturated carbocycles. The molecule has 1 N–H and O–H groups in total. The van der Waals surface area contributed by atoms with Gasteiger partial charge in [-0.1, -0.05) is 30.7 Å². The molecule has 1 aromatic rings. The Kier molecular flexibility index (Phi) is 3.56. The third-order valence-electron chi connectivity index (χ3n) is 4.45. The van der Waals surface area contributed by atoms with Crippen LogP contribution in [0.3, 0.4) is 0 Å². The highest BCUT2D eigenvalue weighted by atomic mass is 15.2. The van der Waals surface area contributed by atoms with Crippen molar-refractivity contribution in [2.24, 2.45) is 0 Å². The first-order valence-electron chi connectivity index (χ1n) is 7.41. The molecule has 1 saturated heterocycles. The van der Waals surface area contributed by atoms with Crippen molar-refractivity contribution in [1.82, 2.24) is 9.80 Å². The molecule has 1 atom stereocenters. The summed E-state index contributed by atoms with van der Waals surface area (Å²) in [6.07, 6.45) is 4.05. The van der Waals surface area contributed by atoms with Crippen LogP contribution in [0.15, 0.2) is 24.3 Å². The Morgan fingerprint density at radius 3 is 2.63 bits per heavy atom. The minimum atomic E-state index is 0.551. The van der Waals surface area contributed by atoms with Crippen LogP contribution in [0.25, 0.3) is 0 Å². The summed E-state index contributed by atoms with van der Waals surface area (Å²) in [5.41, 5.74) is 2.42. The number of benzene rings is 1. The second-order valence-electron chi connectivity index (χ2n) is 5.83. The van der Waals surface area contributed by atoms with E-state index in [0.717, 1.165) is 18.7 Å². The van der Waals surface area contributed by atoms with E-state index in [0.29, 0.717) is 11.9 Å². The smallest absolute Gasteiger partial charge is 0.128 e. The summed E-state index contributed by atoms with van der Waals surface area (Å²) in [5, 5.41) is 8.30. The van der Waals surface area contributed by atoms with Gasteiger partial charge in [-0.15, -0.1) is 0 Å². The summed E-state index contributed by atoms with van der Waals surface area (Å²) < 4.78 is 0. The lowest BCUT2D eigenvalue weighted by molar-refractivity contribution is 0.151. The summed E-state index contributed by atoms with van der Waals surface area (Å²) in [5.74, 6) is 0.708. The SMILES string of the molecule is CC(CN1Cc2ccccc2C1=N)N1CCCCC1. The molecule has 3 nitrogen and oxygen atoms in total. The van der Waals surface area contributed by atoms with Crippen molar-refractivity contribution in [3.63, 3.8) is 0 Å². The van der Waals surface area contributed by atoms with Crippen LogP contribution in [0.1, 0.15) is 37.3 Å². The molecule has 2 aliphatic rings.